The summed E-state index contributed by atoms with van der Waals surface area (Å²) in [4.78, 5) is 0.856. The fourth-order valence-electron chi connectivity index (χ4n) is 1.33. The molecular weight excluding hydrogens is 199 g/mol. The fourth-order valence-corrected chi connectivity index (χ4v) is 1.92. The van der Waals surface area contributed by atoms with Crippen LogP contribution in [0.5, 0.6) is 5.75 Å². The van der Waals surface area contributed by atoms with E-state index in [-0.39, 0.29) is 30.0 Å². The van der Waals surface area contributed by atoms with Crippen molar-refractivity contribution in [3.63, 3.8) is 0 Å². The molecule has 0 radical (unpaired) electrons. The molecule has 0 bridgehead atoms. The van der Waals surface area contributed by atoms with Crippen LogP contribution < -0.4 is 24.0 Å². The van der Waals surface area contributed by atoms with Gasteiger partial charge in [0.15, 0.2) is 0 Å². The molecule has 0 saturated heterocycles. The summed E-state index contributed by atoms with van der Waals surface area (Å²) in [6.07, 6.45) is 1.95. The predicted molar refractivity (Wildman–Crippen MR) is 61.1 cm³/mol. The minimum Gasteiger partial charge on any atom is -0.872 e. The van der Waals surface area contributed by atoms with Gasteiger partial charge < -0.3 is 5.11 Å². The Bertz CT molecular complexity index is 342. The van der Waals surface area contributed by atoms with Gasteiger partial charge in [0.2, 0.25) is 0 Å². The summed E-state index contributed by atoms with van der Waals surface area (Å²) in [6.45, 7) is 8.38. The largest absolute Gasteiger partial charge is 1.00 e. The van der Waals surface area contributed by atoms with E-state index in [1.165, 1.54) is 17.3 Å². The second kappa shape index (κ2) is 5.34. The van der Waals surface area contributed by atoms with Crippen LogP contribution in [0.3, 0.4) is 0 Å². The third-order valence-electron chi connectivity index (χ3n) is 2.33. The summed E-state index contributed by atoms with van der Waals surface area (Å²) in [5.41, 5.74) is 2.20. The zero-order chi connectivity index (χ0) is 10.9. The summed E-state index contributed by atoms with van der Waals surface area (Å²) in [7, 11) is 0. The first-order valence-corrected chi connectivity index (χ1v) is 5.95. The van der Waals surface area contributed by atoms with Gasteiger partial charge in [-0.3, -0.25) is 0 Å². The van der Waals surface area contributed by atoms with Crippen molar-refractivity contribution in [2.75, 3.05) is 6.26 Å². The SMILES string of the molecule is CSc1cc(C(C)(C)C)cc(C)c1[O-].[Li+]. The molecule has 0 spiro atoms. The van der Waals surface area contributed by atoms with E-state index < -0.39 is 0 Å². The van der Waals surface area contributed by atoms with E-state index in [0.29, 0.717) is 0 Å². The molecule has 0 amide bonds. The molecule has 1 aromatic rings. The van der Waals surface area contributed by atoms with Crippen LogP contribution in [0.4, 0.5) is 0 Å². The molecule has 0 fully saturated rings. The van der Waals surface area contributed by atoms with Gasteiger partial charge in [-0.1, -0.05) is 38.2 Å². The van der Waals surface area contributed by atoms with E-state index >= 15 is 0 Å². The monoisotopic (exact) mass is 216 g/mol. The van der Waals surface area contributed by atoms with Gasteiger partial charge in [0.25, 0.3) is 0 Å². The van der Waals surface area contributed by atoms with E-state index in [2.05, 4.69) is 20.8 Å². The topological polar surface area (TPSA) is 23.1 Å². The van der Waals surface area contributed by atoms with E-state index in [4.69, 9.17) is 0 Å². The molecule has 0 aliphatic heterocycles. The maximum Gasteiger partial charge on any atom is 1.00 e. The molecule has 0 aliphatic rings. The normalized spacial score (nSPS) is 11.0. The van der Waals surface area contributed by atoms with Crippen molar-refractivity contribution >= 4 is 11.8 Å². The van der Waals surface area contributed by atoms with Crippen molar-refractivity contribution in [3.05, 3.63) is 23.3 Å². The van der Waals surface area contributed by atoms with Gasteiger partial charge >= 0.3 is 18.9 Å². The molecule has 0 N–H and O–H groups in total. The van der Waals surface area contributed by atoms with Crippen molar-refractivity contribution in [1.82, 2.24) is 0 Å². The Morgan fingerprint density at radius 3 is 2.13 bits per heavy atom. The van der Waals surface area contributed by atoms with Crippen molar-refractivity contribution < 1.29 is 24.0 Å². The Hall–Kier alpha value is -0.0326. The Morgan fingerprint density at radius 1 is 1.20 bits per heavy atom. The van der Waals surface area contributed by atoms with Crippen molar-refractivity contribution in [2.45, 2.75) is 38.0 Å². The number of rotatable bonds is 1. The first kappa shape index (κ1) is 15.0. The average molecular weight is 216 g/mol. The standard InChI is InChI=1S/C12H18OS.Li/c1-8-6-9(12(2,3)4)7-10(14-5)11(8)13;/h6-7,13H,1-5H3;/q;+1/p-1. The third kappa shape index (κ3) is 3.48. The van der Waals surface area contributed by atoms with Crippen LogP contribution in [0.2, 0.25) is 0 Å². The van der Waals surface area contributed by atoms with Gasteiger partial charge in [0.05, 0.1) is 0 Å². The summed E-state index contributed by atoms with van der Waals surface area (Å²) >= 11 is 1.53. The maximum atomic E-state index is 11.7. The molecule has 0 heterocycles. The fraction of sp³-hybridized carbons (Fsp3) is 0.500. The summed E-state index contributed by atoms with van der Waals surface area (Å²) in [5.74, 6) is 0.172. The number of hydrogen-bond donors (Lipinski definition) is 0. The van der Waals surface area contributed by atoms with Crippen molar-refractivity contribution in [3.8, 4) is 5.75 Å². The zero-order valence-corrected chi connectivity index (χ0v) is 11.3. The van der Waals surface area contributed by atoms with Crippen LogP contribution >= 0.6 is 11.8 Å². The molecule has 0 aromatic heterocycles. The van der Waals surface area contributed by atoms with Gasteiger partial charge in [0.1, 0.15) is 0 Å². The first-order chi connectivity index (χ1) is 6.36. The molecular formula is C12H17LiOS. The Balaban J connectivity index is 0.00000196. The van der Waals surface area contributed by atoms with Crippen molar-refractivity contribution in [2.24, 2.45) is 0 Å². The second-order valence-corrected chi connectivity index (χ2v) is 5.42. The number of aryl methyl sites for hydroxylation is 1. The molecule has 3 heteroatoms. The van der Waals surface area contributed by atoms with Crippen LogP contribution in [0, 0.1) is 6.92 Å². The second-order valence-electron chi connectivity index (χ2n) is 4.57. The third-order valence-corrected chi connectivity index (χ3v) is 3.07. The van der Waals surface area contributed by atoms with Crippen LogP contribution in [-0.2, 0) is 5.41 Å². The minimum absolute atomic E-state index is 0. The van der Waals surface area contributed by atoms with E-state index in [1.54, 1.807) is 0 Å². The quantitative estimate of drug-likeness (QED) is 0.490. The van der Waals surface area contributed by atoms with E-state index in [9.17, 15) is 5.11 Å². The van der Waals surface area contributed by atoms with Crippen LogP contribution in [0.25, 0.3) is 0 Å². The molecule has 1 rings (SSSR count). The predicted octanol–water partition coefficient (Wildman–Crippen LogP) is 0.0920. The Kier molecular flexibility index (Phi) is 5.33. The smallest absolute Gasteiger partial charge is 0.872 e. The molecule has 1 nitrogen and oxygen atoms in total. The summed E-state index contributed by atoms with van der Waals surface area (Å²) < 4.78 is 0. The molecule has 0 aliphatic carbocycles. The van der Waals surface area contributed by atoms with Crippen LogP contribution in [0.15, 0.2) is 17.0 Å². The minimum atomic E-state index is 0. The van der Waals surface area contributed by atoms with Gasteiger partial charge in [-0.15, -0.1) is 11.8 Å². The average Bonchev–Trinajstić information content (AvgIpc) is 2.07. The Morgan fingerprint density at radius 2 is 1.73 bits per heavy atom. The zero-order valence-electron chi connectivity index (χ0n) is 10.5. The number of thioether (sulfide) groups is 1. The number of benzene rings is 1. The van der Waals surface area contributed by atoms with Gasteiger partial charge in [-0.25, -0.2) is 0 Å². The van der Waals surface area contributed by atoms with Gasteiger partial charge in [-0.2, -0.15) is 0 Å². The van der Waals surface area contributed by atoms with Gasteiger partial charge in [-0.05, 0) is 35.1 Å². The van der Waals surface area contributed by atoms with E-state index in [1.807, 2.05) is 25.3 Å². The Labute approximate surface area is 109 Å². The van der Waals surface area contributed by atoms with Crippen LogP contribution in [-0.4, -0.2) is 6.26 Å². The molecule has 0 unspecified atom stereocenters. The van der Waals surface area contributed by atoms with Crippen LogP contribution in [0.1, 0.15) is 31.9 Å². The maximum absolute atomic E-state index is 11.7. The molecule has 0 atom stereocenters. The van der Waals surface area contributed by atoms with Crippen molar-refractivity contribution in [1.29, 1.82) is 0 Å². The van der Waals surface area contributed by atoms with E-state index in [0.717, 1.165) is 10.5 Å². The molecule has 15 heavy (non-hydrogen) atoms. The summed E-state index contributed by atoms with van der Waals surface area (Å²) in [5, 5.41) is 11.7. The number of hydrogen-bond acceptors (Lipinski definition) is 2. The molecule has 78 valence electrons. The molecule has 0 saturated carbocycles. The first-order valence-electron chi connectivity index (χ1n) is 4.72. The molecule has 1 aromatic carbocycles. The van der Waals surface area contributed by atoms with Gasteiger partial charge in [0, 0.05) is 0 Å². The summed E-state index contributed by atoms with van der Waals surface area (Å²) in [6, 6.07) is 4.02.